The normalized spacial score (nSPS) is 10.1. The van der Waals surface area contributed by atoms with E-state index in [-0.39, 0.29) is 12.5 Å². The smallest absolute Gasteiger partial charge is 0.317 e. The highest BCUT2D eigenvalue weighted by Gasteiger charge is 2.12. The van der Waals surface area contributed by atoms with E-state index in [4.69, 9.17) is 5.11 Å². The first-order valence-corrected chi connectivity index (χ1v) is 6.70. The van der Waals surface area contributed by atoms with E-state index in [1.165, 1.54) is 0 Å². The van der Waals surface area contributed by atoms with Gasteiger partial charge in [-0.05, 0) is 32.4 Å². The quantitative estimate of drug-likeness (QED) is 0.745. The van der Waals surface area contributed by atoms with Crippen LogP contribution >= 0.6 is 0 Å². The van der Waals surface area contributed by atoms with Crippen LogP contribution in [0.2, 0.25) is 0 Å². The number of hydrogen-bond acceptors (Lipinski definition) is 3. The highest BCUT2D eigenvalue weighted by molar-refractivity contribution is 5.74. The molecule has 0 atom stereocenters. The van der Waals surface area contributed by atoms with Crippen LogP contribution in [-0.4, -0.2) is 40.1 Å². The van der Waals surface area contributed by atoms with Crippen molar-refractivity contribution in [3.63, 3.8) is 0 Å². The number of rotatable bonds is 7. The lowest BCUT2D eigenvalue weighted by atomic mass is 10.3. The number of aliphatic carboxylic acids is 1. The van der Waals surface area contributed by atoms with Crippen LogP contribution in [0, 0.1) is 6.92 Å². The van der Waals surface area contributed by atoms with Crippen LogP contribution in [-0.2, 0) is 11.3 Å². The summed E-state index contributed by atoms with van der Waals surface area (Å²) in [4.78, 5) is 28.3. The molecule has 2 amide bonds. The minimum Gasteiger partial charge on any atom is -0.481 e. The molecule has 0 aliphatic heterocycles. The Bertz CT molecular complexity index is 463. The van der Waals surface area contributed by atoms with Gasteiger partial charge in [-0.1, -0.05) is 6.07 Å². The molecule has 6 nitrogen and oxygen atoms in total. The number of carbonyl (C=O) groups excluding carboxylic acids is 1. The molecular formula is C14H21N3O3. The molecule has 0 radical (unpaired) electrons. The average Bonchev–Trinajstić information content (AvgIpc) is 2.40. The van der Waals surface area contributed by atoms with Gasteiger partial charge in [0, 0.05) is 25.2 Å². The maximum absolute atomic E-state index is 11.9. The van der Waals surface area contributed by atoms with Crippen molar-refractivity contribution >= 4 is 12.0 Å². The summed E-state index contributed by atoms with van der Waals surface area (Å²) in [6, 6.07) is 5.51. The van der Waals surface area contributed by atoms with Gasteiger partial charge in [0.2, 0.25) is 0 Å². The standard InChI is InChI=1S/C14H21N3O3/c1-3-17(10-12-7-4-6-11(2)16-12)14(20)15-9-5-8-13(18)19/h4,6-7H,3,5,8-10H2,1-2H3,(H,15,20)(H,18,19). The second-order valence-electron chi connectivity index (χ2n) is 4.51. The Labute approximate surface area is 118 Å². The van der Waals surface area contributed by atoms with E-state index in [0.717, 1.165) is 11.4 Å². The Hall–Kier alpha value is -2.11. The molecule has 20 heavy (non-hydrogen) atoms. The van der Waals surface area contributed by atoms with Crippen LogP contribution in [0.4, 0.5) is 4.79 Å². The van der Waals surface area contributed by atoms with Crippen LogP contribution in [0.25, 0.3) is 0 Å². The van der Waals surface area contributed by atoms with E-state index < -0.39 is 5.97 Å². The van der Waals surface area contributed by atoms with Crippen LogP contribution < -0.4 is 5.32 Å². The van der Waals surface area contributed by atoms with E-state index in [9.17, 15) is 9.59 Å². The van der Waals surface area contributed by atoms with Gasteiger partial charge < -0.3 is 15.3 Å². The highest BCUT2D eigenvalue weighted by Crippen LogP contribution is 2.03. The molecular weight excluding hydrogens is 258 g/mol. The van der Waals surface area contributed by atoms with Crippen LogP contribution in [0.1, 0.15) is 31.2 Å². The third-order valence-corrected chi connectivity index (χ3v) is 2.81. The lowest BCUT2D eigenvalue weighted by Crippen LogP contribution is -2.40. The zero-order valence-electron chi connectivity index (χ0n) is 11.9. The summed E-state index contributed by atoms with van der Waals surface area (Å²) in [5, 5.41) is 11.2. The number of urea groups is 1. The first-order valence-electron chi connectivity index (χ1n) is 6.70. The molecule has 6 heteroatoms. The topological polar surface area (TPSA) is 82.5 Å². The zero-order chi connectivity index (χ0) is 15.0. The summed E-state index contributed by atoms with van der Waals surface area (Å²) in [5.41, 5.74) is 1.76. The monoisotopic (exact) mass is 279 g/mol. The van der Waals surface area contributed by atoms with Gasteiger partial charge in [-0.25, -0.2) is 4.79 Å². The number of hydrogen-bond donors (Lipinski definition) is 2. The summed E-state index contributed by atoms with van der Waals surface area (Å²) in [5.74, 6) is -0.851. The van der Waals surface area contributed by atoms with Crippen molar-refractivity contribution in [1.82, 2.24) is 15.2 Å². The number of carboxylic acids is 1. The zero-order valence-corrected chi connectivity index (χ0v) is 11.9. The van der Waals surface area contributed by atoms with Crippen molar-refractivity contribution in [3.8, 4) is 0 Å². The molecule has 110 valence electrons. The van der Waals surface area contributed by atoms with Gasteiger partial charge >= 0.3 is 12.0 Å². The van der Waals surface area contributed by atoms with Crippen LogP contribution in [0.5, 0.6) is 0 Å². The Morgan fingerprint density at radius 2 is 2.15 bits per heavy atom. The van der Waals surface area contributed by atoms with E-state index in [0.29, 0.717) is 26.1 Å². The number of aryl methyl sites for hydroxylation is 1. The third kappa shape index (κ3) is 5.69. The summed E-state index contributed by atoms with van der Waals surface area (Å²) in [6.07, 6.45) is 0.493. The summed E-state index contributed by atoms with van der Waals surface area (Å²) >= 11 is 0. The lowest BCUT2D eigenvalue weighted by Gasteiger charge is -2.21. The lowest BCUT2D eigenvalue weighted by molar-refractivity contribution is -0.137. The molecule has 0 saturated heterocycles. The van der Waals surface area contributed by atoms with Crippen molar-refractivity contribution < 1.29 is 14.7 Å². The van der Waals surface area contributed by atoms with E-state index in [1.807, 2.05) is 32.0 Å². The molecule has 0 bridgehead atoms. The first kappa shape index (κ1) is 15.9. The van der Waals surface area contributed by atoms with Crippen LogP contribution in [0.3, 0.4) is 0 Å². The molecule has 0 spiro atoms. The van der Waals surface area contributed by atoms with Gasteiger partial charge in [0.1, 0.15) is 0 Å². The second-order valence-corrected chi connectivity index (χ2v) is 4.51. The van der Waals surface area contributed by atoms with E-state index >= 15 is 0 Å². The Balaban J connectivity index is 2.44. The van der Waals surface area contributed by atoms with E-state index in [1.54, 1.807) is 4.90 Å². The number of aromatic nitrogens is 1. The van der Waals surface area contributed by atoms with Crippen molar-refractivity contribution in [3.05, 3.63) is 29.6 Å². The van der Waals surface area contributed by atoms with Crippen molar-refractivity contribution in [2.75, 3.05) is 13.1 Å². The van der Waals surface area contributed by atoms with Crippen molar-refractivity contribution in [1.29, 1.82) is 0 Å². The van der Waals surface area contributed by atoms with Crippen molar-refractivity contribution in [2.24, 2.45) is 0 Å². The first-order chi connectivity index (χ1) is 9.52. The number of nitrogens with one attached hydrogen (secondary N) is 1. The highest BCUT2D eigenvalue weighted by atomic mass is 16.4. The maximum Gasteiger partial charge on any atom is 0.317 e. The molecule has 0 aliphatic carbocycles. The molecule has 1 heterocycles. The third-order valence-electron chi connectivity index (χ3n) is 2.81. The molecule has 0 unspecified atom stereocenters. The van der Waals surface area contributed by atoms with Gasteiger partial charge in [0.15, 0.2) is 0 Å². The van der Waals surface area contributed by atoms with Crippen molar-refractivity contribution in [2.45, 2.75) is 33.2 Å². The SMILES string of the molecule is CCN(Cc1cccc(C)n1)C(=O)NCCCC(=O)O. The summed E-state index contributed by atoms with van der Waals surface area (Å²) < 4.78 is 0. The number of nitrogens with zero attached hydrogens (tertiary/aromatic N) is 2. The summed E-state index contributed by atoms with van der Waals surface area (Å²) in [7, 11) is 0. The second kappa shape index (κ2) is 8.14. The maximum atomic E-state index is 11.9. The number of carbonyl (C=O) groups is 2. The number of pyridine rings is 1. The molecule has 0 saturated carbocycles. The van der Waals surface area contributed by atoms with Gasteiger partial charge in [0.25, 0.3) is 0 Å². The largest absolute Gasteiger partial charge is 0.481 e. The predicted octanol–water partition coefficient (Wildman–Crippen LogP) is 1.79. The van der Waals surface area contributed by atoms with Gasteiger partial charge in [-0.3, -0.25) is 9.78 Å². The van der Waals surface area contributed by atoms with Gasteiger partial charge in [0.05, 0.1) is 12.2 Å². The molecule has 1 aromatic rings. The van der Waals surface area contributed by atoms with Gasteiger partial charge in [-0.15, -0.1) is 0 Å². The fourth-order valence-electron chi connectivity index (χ4n) is 1.76. The minimum absolute atomic E-state index is 0.0613. The Morgan fingerprint density at radius 3 is 2.75 bits per heavy atom. The Kier molecular flexibility index (Phi) is 6.49. The van der Waals surface area contributed by atoms with Crippen LogP contribution in [0.15, 0.2) is 18.2 Å². The fourth-order valence-corrected chi connectivity index (χ4v) is 1.76. The van der Waals surface area contributed by atoms with Gasteiger partial charge in [-0.2, -0.15) is 0 Å². The van der Waals surface area contributed by atoms with E-state index in [2.05, 4.69) is 10.3 Å². The average molecular weight is 279 g/mol. The molecule has 1 rings (SSSR count). The predicted molar refractivity (Wildman–Crippen MR) is 75.3 cm³/mol. The molecule has 0 aromatic carbocycles. The molecule has 0 aliphatic rings. The number of carboxylic acid groups (broad SMARTS) is 1. The molecule has 0 fully saturated rings. The fraction of sp³-hybridized carbons (Fsp3) is 0.500. The summed E-state index contributed by atoms with van der Waals surface area (Å²) in [6.45, 7) is 5.19. The minimum atomic E-state index is -0.851. The molecule has 2 N–H and O–H groups in total. The Morgan fingerprint density at radius 1 is 1.40 bits per heavy atom. The number of amides is 2. The molecule has 1 aromatic heterocycles.